The molecule has 0 unspecified atom stereocenters. The highest BCUT2D eigenvalue weighted by molar-refractivity contribution is 5.76. The van der Waals surface area contributed by atoms with Crippen molar-refractivity contribution in [2.45, 2.75) is 6.92 Å². The van der Waals surface area contributed by atoms with Gasteiger partial charge in [-0.15, -0.1) is 0 Å². The molecule has 6 nitrogen and oxygen atoms in total. The summed E-state index contributed by atoms with van der Waals surface area (Å²) >= 11 is 0. The summed E-state index contributed by atoms with van der Waals surface area (Å²) in [4.78, 5) is 23.2. The molecule has 2 rings (SSSR count). The number of oxazole rings is 1. The van der Waals surface area contributed by atoms with E-state index in [4.69, 9.17) is 4.42 Å². The molecule has 0 bridgehead atoms. The molecule has 0 radical (unpaired) electrons. The second-order valence-corrected chi connectivity index (χ2v) is 2.91. The maximum absolute atomic E-state index is 10.8. The lowest BCUT2D eigenvalue weighted by Crippen LogP contribution is -1.93. The van der Waals surface area contributed by atoms with Gasteiger partial charge in [0, 0.05) is 11.6 Å². The van der Waals surface area contributed by atoms with Crippen LogP contribution in [0, 0.1) is 17.0 Å². The normalized spacial score (nSPS) is 10.6. The Labute approximate surface area is 77.3 Å². The number of nitro groups is 1. The van der Waals surface area contributed by atoms with Crippen LogP contribution in [-0.4, -0.2) is 9.91 Å². The third-order valence-corrected chi connectivity index (χ3v) is 1.93. The van der Waals surface area contributed by atoms with E-state index in [0.29, 0.717) is 16.7 Å². The smallest absolute Gasteiger partial charge is 0.408 e. The molecule has 2 aromatic rings. The second kappa shape index (κ2) is 2.69. The Morgan fingerprint density at radius 3 is 2.86 bits per heavy atom. The average Bonchev–Trinajstić information content (AvgIpc) is 2.42. The first kappa shape index (κ1) is 8.49. The highest BCUT2D eigenvalue weighted by atomic mass is 16.6. The summed E-state index contributed by atoms with van der Waals surface area (Å²) < 4.78 is 4.75. The number of nitro benzene ring substituents is 1. The first-order chi connectivity index (χ1) is 6.58. The van der Waals surface area contributed by atoms with E-state index in [-0.39, 0.29) is 5.69 Å². The van der Waals surface area contributed by atoms with Gasteiger partial charge in [-0.3, -0.25) is 15.1 Å². The van der Waals surface area contributed by atoms with E-state index in [1.807, 2.05) is 0 Å². The first-order valence-corrected chi connectivity index (χ1v) is 3.86. The standard InChI is InChI=1S/C8H6N2O4/c1-4-2-7-5(9-8(11)14-7)3-6(4)10(12)13/h2-3H,1H3,(H,9,11). The Bertz CT molecular complexity index is 566. The fourth-order valence-electron chi connectivity index (χ4n) is 1.28. The summed E-state index contributed by atoms with van der Waals surface area (Å²) in [5, 5.41) is 10.6. The number of aromatic amines is 1. The van der Waals surface area contributed by atoms with E-state index >= 15 is 0 Å². The molecular formula is C8H6N2O4. The van der Waals surface area contributed by atoms with Crippen molar-refractivity contribution in [3.05, 3.63) is 38.4 Å². The van der Waals surface area contributed by atoms with E-state index in [9.17, 15) is 14.9 Å². The van der Waals surface area contributed by atoms with Crippen LogP contribution >= 0.6 is 0 Å². The van der Waals surface area contributed by atoms with Gasteiger partial charge in [-0.2, -0.15) is 0 Å². The molecule has 72 valence electrons. The Kier molecular flexibility index (Phi) is 1.63. The van der Waals surface area contributed by atoms with Crippen LogP contribution in [0.1, 0.15) is 5.56 Å². The number of aromatic nitrogens is 1. The van der Waals surface area contributed by atoms with Crippen LogP contribution in [0.25, 0.3) is 11.1 Å². The molecule has 0 amide bonds. The largest absolute Gasteiger partial charge is 0.417 e. The number of aryl methyl sites for hydroxylation is 1. The monoisotopic (exact) mass is 194 g/mol. The third-order valence-electron chi connectivity index (χ3n) is 1.93. The topological polar surface area (TPSA) is 89.1 Å². The van der Waals surface area contributed by atoms with Gasteiger partial charge >= 0.3 is 5.76 Å². The zero-order valence-corrected chi connectivity index (χ0v) is 7.23. The maximum atomic E-state index is 10.8. The molecule has 1 aromatic heterocycles. The number of hydrogen-bond donors (Lipinski definition) is 1. The van der Waals surface area contributed by atoms with Crippen molar-refractivity contribution in [1.29, 1.82) is 0 Å². The highest BCUT2D eigenvalue weighted by Crippen LogP contribution is 2.22. The highest BCUT2D eigenvalue weighted by Gasteiger charge is 2.13. The SMILES string of the molecule is Cc1cc2oc(=O)[nH]c2cc1[N+](=O)[O-]. The van der Waals surface area contributed by atoms with Crippen molar-refractivity contribution in [3.63, 3.8) is 0 Å². The van der Waals surface area contributed by atoms with E-state index in [2.05, 4.69) is 4.98 Å². The number of H-pyrrole nitrogens is 1. The Balaban J connectivity index is 2.82. The molecule has 1 N–H and O–H groups in total. The molecule has 6 heteroatoms. The number of nitrogens with one attached hydrogen (secondary N) is 1. The predicted octanol–water partition coefficient (Wildman–Crippen LogP) is 1.34. The summed E-state index contributed by atoms with van der Waals surface area (Å²) in [6.45, 7) is 1.59. The predicted molar refractivity (Wildman–Crippen MR) is 48.2 cm³/mol. The fourth-order valence-corrected chi connectivity index (χ4v) is 1.28. The van der Waals surface area contributed by atoms with Crippen molar-refractivity contribution in [2.24, 2.45) is 0 Å². The third kappa shape index (κ3) is 1.17. The van der Waals surface area contributed by atoms with Crippen LogP contribution in [-0.2, 0) is 0 Å². The van der Waals surface area contributed by atoms with Crippen LogP contribution in [0.4, 0.5) is 5.69 Å². The molecule has 1 aromatic carbocycles. The van der Waals surface area contributed by atoms with Gasteiger partial charge in [0.1, 0.15) is 0 Å². The molecule has 14 heavy (non-hydrogen) atoms. The maximum Gasteiger partial charge on any atom is 0.417 e. The summed E-state index contributed by atoms with van der Waals surface area (Å²) in [5.41, 5.74) is 1.10. The Hall–Kier alpha value is -2.11. The fraction of sp³-hybridized carbons (Fsp3) is 0.125. The van der Waals surface area contributed by atoms with E-state index in [1.54, 1.807) is 6.92 Å². The van der Waals surface area contributed by atoms with E-state index in [0.717, 1.165) is 0 Å². The molecule has 0 saturated carbocycles. The molecule has 0 saturated heterocycles. The molecule has 0 aliphatic heterocycles. The lowest BCUT2D eigenvalue weighted by molar-refractivity contribution is -0.385. The van der Waals surface area contributed by atoms with Crippen LogP contribution in [0.15, 0.2) is 21.3 Å². The van der Waals surface area contributed by atoms with Gasteiger partial charge in [0.05, 0.1) is 10.4 Å². The minimum Gasteiger partial charge on any atom is -0.408 e. The first-order valence-electron chi connectivity index (χ1n) is 3.86. The van der Waals surface area contributed by atoms with Gasteiger partial charge in [0.25, 0.3) is 5.69 Å². The summed E-state index contributed by atoms with van der Waals surface area (Å²) in [7, 11) is 0. The van der Waals surface area contributed by atoms with Crippen molar-refractivity contribution in [3.8, 4) is 0 Å². The Morgan fingerprint density at radius 2 is 2.21 bits per heavy atom. The molecule has 0 spiro atoms. The van der Waals surface area contributed by atoms with Gasteiger partial charge in [-0.25, -0.2) is 4.79 Å². The van der Waals surface area contributed by atoms with E-state index in [1.165, 1.54) is 12.1 Å². The zero-order chi connectivity index (χ0) is 10.3. The van der Waals surface area contributed by atoms with Crippen LogP contribution < -0.4 is 5.76 Å². The van der Waals surface area contributed by atoms with Gasteiger partial charge in [0.15, 0.2) is 5.58 Å². The van der Waals surface area contributed by atoms with Gasteiger partial charge < -0.3 is 4.42 Å². The Morgan fingerprint density at radius 1 is 1.50 bits per heavy atom. The summed E-state index contributed by atoms with van der Waals surface area (Å²) in [6, 6.07) is 2.75. The number of rotatable bonds is 1. The molecule has 0 aliphatic carbocycles. The minimum atomic E-state index is -0.611. The van der Waals surface area contributed by atoms with Gasteiger partial charge in [-0.1, -0.05) is 0 Å². The number of benzene rings is 1. The van der Waals surface area contributed by atoms with Gasteiger partial charge in [-0.05, 0) is 13.0 Å². The number of hydrogen-bond acceptors (Lipinski definition) is 4. The van der Waals surface area contributed by atoms with Crippen molar-refractivity contribution in [1.82, 2.24) is 4.98 Å². The molecule has 0 atom stereocenters. The lowest BCUT2D eigenvalue weighted by atomic mass is 10.2. The van der Waals surface area contributed by atoms with Crippen molar-refractivity contribution >= 4 is 16.8 Å². The second-order valence-electron chi connectivity index (χ2n) is 2.91. The number of nitrogens with zero attached hydrogens (tertiary/aromatic N) is 1. The molecule has 1 heterocycles. The summed E-state index contributed by atoms with van der Waals surface area (Å²) in [6.07, 6.45) is 0. The lowest BCUT2D eigenvalue weighted by Gasteiger charge is -1.94. The molecular weight excluding hydrogens is 188 g/mol. The zero-order valence-electron chi connectivity index (χ0n) is 7.23. The van der Waals surface area contributed by atoms with Gasteiger partial charge in [0.2, 0.25) is 0 Å². The average molecular weight is 194 g/mol. The van der Waals surface area contributed by atoms with E-state index < -0.39 is 10.7 Å². The van der Waals surface area contributed by atoms with Crippen molar-refractivity contribution in [2.75, 3.05) is 0 Å². The van der Waals surface area contributed by atoms with Crippen LogP contribution in [0.5, 0.6) is 0 Å². The van der Waals surface area contributed by atoms with Crippen LogP contribution in [0.3, 0.4) is 0 Å². The van der Waals surface area contributed by atoms with Crippen molar-refractivity contribution < 1.29 is 9.34 Å². The van der Waals surface area contributed by atoms with Crippen LogP contribution in [0.2, 0.25) is 0 Å². The minimum absolute atomic E-state index is 0.0328. The quantitative estimate of drug-likeness (QED) is 0.547. The number of fused-ring (bicyclic) bond motifs is 1. The molecule has 0 fully saturated rings. The summed E-state index contributed by atoms with van der Waals surface area (Å²) in [5.74, 6) is -0.611. The molecule has 0 aliphatic rings.